The van der Waals surface area contributed by atoms with E-state index in [4.69, 9.17) is 14.7 Å². The molecule has 2 aliphatic heterocycles. The number of aliphatic imine (C=N–C) groups is 1. The number of nitrogens with one attached hydrogen (secondary N) is 1. The predicted octanol–water partition coefficient (Wildman–Crippen LogP) is 3.73. The number of likely N-dealkylation sites (N-methyl/N-ethyl adjacent to an activating group) is 1. The summed E-state index contributed by atoms with van der Waals surface area (Å²) in [6, 6.07) is 12.2. The average Bonchev–Trinajstić information content (AvgIpc) is 3.31. The van der Waals surface area contributed by atoms with E-state index >= 15 is 0 Å². The summed E-state index contributed by atoms with van der Waals surface area (Å²) < 4.78 is 6.18. The lowest BCUT2D eigenvalue weighted by Gasteiger charge is -2.30. The van der Waals surface area contributed by atoms with Gasteiger partial charge in [0.2, 0.25) is 0 Å². The van der Waals surface area contributed by atoms with Gasteiger partial charge >= 0.3 is 6.01 Å². The number of aromatic hydroxyl groups is 1. The van der Waals surface area contributed by atoms with Crippen LogP contribution in [-0.4, -0.2) is 79.1 Å². The molecule has 0 amide bonds. The molecule has 5 rings (SSSR count). The molecule has 0 aliphatic carbocycles. The van der Waals surface area contributed by atoms with Crippen LogP contribution in [0.2, 0.25) is 0 Å². The van der Waals surface area contributed by atoms with Gasteiger partial charge in [-0.25, -0.2) is 0 Å². The molecule has 0 unspecified atom stereocenters. The summed E-state index contributed by atoms with van der Waals surface area (Å²) in [5.41, 5.74) is 3.14. The van der Waals surface area contributed by atoms with Crippen molar-refractivity contribution >= 4 is 35.1 Å². The Hall–Kier alpha value is -3.49. The molecule has 0 radical (unpaired) electrons. The van der Waals surface area contributed by atoms with Crippen LogP contribution >= 0.6 is 0 Å². The first-order valence-corrected chi connectivity index (χ1v) is 12.6. The molecule has 8 nitrogen and oxygen atoms in total. The zero-order valence-corrected chi connectivity index (χ0v) is 21.1. The third kappa shape index (κ3) is 5.05. The highest BCUT2D eigenvalue weighted by molar-refractivity contribution is 5.99. The van der Waals surface area contributed by atoms with E-state index in [0.29, 0.717) is 24.4 Å². The third-order valence-corrected chi connectivity index (χ3v) is 7.20. The smallest absolute Gasteiger partial charge is 0.318 e. The monoisotopic (exact) mass is 486 g/mol. The lowest BCUT2D eigenvalue weighted by atomic mass is 10.0. The number of piperazine rings is 1. The zero-order valence-electron chi connectivity index (χ0n) is 21.1. The van der Waals surface area contributed by atoms with Gasteiger partial charge in [-0.1, -0.05) is 24.3 Å². The highest BCUT2D eigenvalue weighted by atomic mass is 16.5. The number of hydrogen-bond acceptors (Lipinski definition) is 8. The number of fused-ring (bicyclic) bond motifs is 1. The normalized spacial score (nSPS) is 19.1. The number of ether oxygens (including phenoxy) is 1. The summed E-state index contributed by atoms with van der Waals surface area (Å²) in [6.45, 7) is 11.1. The fourth-order valence-electron chi connectivity index (χ4n) is 5.10. The number of anilines is 1. The highest BCUT2D eigenvalue weighted by Crippen LogP contribution is 2.33. The van der Waals surface area contributed by atoms with E-state index in [0.717, 1.165) is 72.6 Å². The maximum absolute atomic E-state index is 10.4. The molecule has 2 fully saturated rings. The van der Waals surface area contributed by atoms with Crippen molar-refractivity contribution in [1.29, 1.82) is 0 Å². The van der Waals surface area contributed by atoms with Crippen molar-refractivity contribution in [3.05, 3.63) is 53.2 Å². The van der Waals surface area contributed by atoms with E-state index in [1.54, 1.807) is 12.1 Å². The fraction of sp³-hybridized carbons (Fsp3) is 0.393. The molecule has 188 valence electrons. The van der Waals surface area contributed by atoms with Gasteiger partial charge in [0.05, 0.1) is 11.4 Å². The van der Waals surface area contributed by atoms with E-state index in [-0.39, 0.29) is 5.75 Å². The second-order valence-electron chi connectivity index (χ2n) is 9.57. The minimum atomic E-state index is 0.184. The number of rotatable bonds is 7. The van der Waals surface area contributed by atoms with Gasteiger partial charge in [0, 0.05) is 43.3 Å². The van der Waals surface area contributed by atoms with Crippen molar-refractivity contribution in [2.45, 2.75) is 25.8 Å². The topological polar surface area (TPSA) is 86.1 Å². The minimum Gasteiger partial charge on any atom is -0.508 e. The first-order chi connectivity index (χ1) is 17.5. The standard InChI is InChI=1S/C28H34N6O2/c1-19-25(17-26(29-2)24-16-22(35)15-20-7-4-5-9-23(20)24)31-28(36-18-21-8-6-12-33(21)3)32-27(19)34-13-10-30-11-14-34/h4-5,7,9,15-17,21,30,35H,2,6,8,10-14,18H2,1,3H3/b26-17-/t21-/m0/s1. The summed E-state index contributed by atoms with van der Waals surface area (Å²) in [7, 11) is 2.14. The molecule has 2 saturated heterocycles. The molecule has 0 spiro atoms. The van der Waals surface area contributed by atoms with E-state index < -0.39 is 0 Å². The quantitative estimate of drug-likeness (QED) is 0.492. The van der Waals surface area contributed by atoms with Crippen LogP contribution in [0.5, 0.6) is 11.8 Å². The van der Waals surface area contributed by atoms with Crippen molar-refractivity contribution in [3.63, 3.8) is 0 Å². The van der Waals surface area contributed by atoms with Gasteiger partial charge in [0.15, 0.2) is 0 Å². The molecule has 1 aromatic heterocycles. The Morgan fingerprint density at radius 1 is 1.22 bits per heavy atom. The zero-order chi connectivity index (χ0) is 25.1. The third-order valence-electron chi connectivity index (χ3n) is 7.20. The number of nitrogens with zero attached hydrogens (tertiary/aromatic N) is 5. The van der Waals surface area contributed by atoms with Crippen molar-refractivity contribution in [2.75, 3.05) is 51.3 Å². The number of likely N-dealkylation sites (tertiary alicyclic amines) is 1. The maximum Gasteiger partial charge on any atom is 0.318 e. The van der Waals surface area contributed by atoms with Crippen LogP contribution in [0, 0.1) is 6.92 Å². The van der Waals surface area contributed by atoms with Crippen molar-refractivity contribution in [1.82, 2.24) is 20.2 Å². The molecule has 1 atom stereocenters. The molecular formula is C28H34N6O2. The van der Waals surface area contributed by atoms with Gasteiger partial charge in [0.25, 0.3) is 0 Å². The largest absolute Gasteiger partial charge is 0.508 e. The summed E-state index contributed by atoms with van der Waals surface area (Å²) in [4.78, 5) is 18.6. The second kappa shape index (κ2) is 10.6. The molecule has 0 saturated carbocycles. The number of phenols is 1. The Balaban J connectivity index is 1.57. The van der Waals surface area contributed by atoms with Crippen LogP contribution in [0.15, 0.2) is 41.4 Å². The summed E-state index contributed by atoms with van der Waals surface area (Å²) in [5, 5.41) is 15.7. The van der Waals surface area contributed by atoms with Crippen LogP contribution in [-0.2, 0) is 0 Å². The molecule has 2 N–H and O–H groups in total. The van der Waals surface area contributed by atoms with Gasteiger partial charge in [-0.3, -0.25) is 4.99 Å². The Labute approximate surface area is 212 Å². The van der Waals surface area contributed by atoms with Crippen LogP contribution in [0.1, 0.15) is 29.7 Å². The number of phenolic OH excluding ortho intramolecular Hbond substituents is 1. The molecular weight excluding hydrogens is 452 g/mol. The fourth-order valence-corrected chi connectivity index (χ4v) is 5.10. The molecule has 3 heterocycles. The maximum atomic E-state index is 10.4. The Morgan fingerprint density at radius 3 is 2.78 bits per heavy atom. The van der Waals surface area contributed by atoms with Gasteiger partial charge in [-0.05, 0) is 69.1 Å². The van der Waals surface area contributed by atoms with Crippen LogP contribution in [0.25, 0.3) is 22.5 Å². The first kappa shape index (κ1) is 24.2. The molecule has 2 aromatic carbocycles. The Kier molecular flexibility index (Phi) is 7.16. The van der Waals surface area contributed by atoms with E-state index in [1.165, 1.54) is 6.42 Å². The number of benzene rings is 2. The molecule has 3 aromatic rings. The van der Waals surface area contributed by atoms with Gasteiger partial charge in [-0.2, -0.15) is 9.97 Å². The van der Waals surface area contributed by atoms with Crippen LogP contribution in [0.3, 0.4) is 0 Å². The van der Waals surface area contributed by atoms with Gasteiger partial charge < -0.3 is 25.0 Å². The van der Waals surface area contributed by atoms with E-state index in [2.05, 4.69) is 33.9 Å². The van der Waals surface area contributed by atoms with Crippen molar-refractivity contribution in [3.8, 4) is 11.8 Å². The molecule has 8 heteroatoms. The van der Waals surface area contributed by atoms with Crippen molar-refractivity contribution < 1.29 is 9.84 Å². The predicted molar refractivity (Wildman–Crippen MR) is 146 cm³/mol. The summed E-state index contributed by atoms with van der Waals surface area (Å²) in [5.74, 6) is 1.07. The van der Waals surface area contributed by atoms with Crippen LogP contribution in [0.4, 0.5) is 5.82 Å². The first-order valence-electron chi connectivity index (χ1n) is 12.6. The Bertz CT molecular complexity index is 1280. The van der Waals surface area contributed by atoms with E-state index in [1.807, 2.05) is 37.3 Å². The lowest BCUT2D eigenvalue weighted by molar-refractivity contribution is 0.187. The van der Waals surface area contributed by atoms with Crippen LogP contribution < -0.4 is 15.0 Å². The Morgan fingerprint density at radius 2 is 2.03 bits per heavy atom. The second-order valence-corrected chi connectivity index (χ2v) is 9.57. The van der Waals surface area contributed by atoms with Crippen molar-refractivity contribution in [2.24, 2.45) is 4.99 Å². The molecule has 36 heavy (non-hydrogen) atoms. The number of aromatic nitrogens is 2. The SMILES string of the molecule is C=N/C(=C\c1nc(OC[C@@H]2CCCN2C)nc(N2CCNCC2)c1C)c1cc(O)cc2ccccc12. The van der Waals surface area contributed by atoms with E-state index in [9.17, 15) is 5.11 Å². The molecule has 0 bridgehead atoms. The van der Waals surface area contributed by atoms with Gasteiger partial charge in [0.1, 0.15) is 18.2 Å². The summed E-state index contributed by atoms with van der Waals surface area (Å²) >= 11 is 0. The van der Waals surface area contributed by atoms with Gasteiger partial charge in [-0.15, -0.1) is 0 Å². The summed E-state index contributed by atoms with van der Waals surface area (Å²) in [6.07, 6.45) is 4.23. The number of hydrogen-bond donors (Lipinski definition) is 2. The average molecular weight is 487 g/mol. The minimum absolute atomic E-state index is 0.184. The molecule has 2 aliphatic rings. The lowest BCUT2D eigenvalue weighted by Crippen LogP contribution is -2.44. The highest BCUT2D eigenvalue weighted by Gasteiger charge is 2.23.